The standard InChI is InChI=1S/C14H10N2/c1-2-6-13-10(4-1)11-7-8-15-12-5-3-9-16(13)14(11)12/h1-9,15H. The number of nitrogens with one attached hydrogen (secondary N) is 1. The van der Waals surface area contributed by atoms with Crippen LogP contribution in [0.2, 0.25) is 0 Å². The molecule has 0 fully saturated rings. The molecule has 0 spiro atoms. The monoisotopic (exact) mass is 206 g/mol. The van der Waals surface area contributed by atoms with Crippen molar-refractivity contribution >= 4 is 28.2 Å². The molecule has 4 rings (SSSR count). The van der Waals surface area contributed by atoms with E-state index in [4.69, 9.17) is 0 Å². The summed E-state index contributed by atoms with van der Waals surface area (Å²) in [4.78, 5) is 0. The zero-order chi connectivity index (χ0) is 10.5. The minimum Gasteiger partial charge on any atom is -0.360 e. The van der Waals surface area contributed by atoms with Crippen molar-refractivity contribution in [3.63, 3.8) is 0 Å². The third-order valence-corrected chi connectivity index (χ3v) is 3.19. The Morgan fingerprint density at radius 3 is 2.94 bits per heavy atom. The van der Waals surface area contributed by atoms with Crippen LogP contribution in [-0.2, 0) is 0 Å². The average molecular weight is 206 g/mol. The molecular weight excluding hydrogens is 196 g/mol. The van der Waals surface area contributed by atoms with Crippen LogP contribution in [0, 0.1) is 0 Å². The van der Waals surface area contributed by atoms with Crippen LogP contribution in [0.1, 0.15) is 5.56 Å². The van der Waals surface area contributed by atoms with Gasteiger partial charge in [0.2, 0.25) is 0 Å². The van der Waals surface area contributed by atoms with E-state index in [2.05, 4.69) is 58.4 Å². The Morgan fingerprint density at radius 1 is 1.00 bits per heavy atom. The van der Waals surface area contributed by atoms with Crippen LogP contribution in [0.5, 0.6) is 0 Å². The molecule has 0 amide bonds. The molecule has 1 N–H and O–H groups in total. The first-order chi connectivity index (χ1) is 7.95. The SMILES string of the molecule is C1=Cc2c3ccccc3n3cccc(c23)N1. The first-order valence-electron chi connectivity index (χ1n) is 5.40. The molecule has 2 heteroatoms. The van der Waals surface area contributed by atoms with E-state index in [0.717, 1.165) is 0 Å². The van der Waals surface area contributed by atoms with Crippen LogP contribution in [0.15, 0.2) is 48.8 Å². The Morgan fingerprint density at radius 2 is 1.94 bits per heavy atom. The summed E-state index contributed by atoms with van der Waals surface area (Å²) in [6.45, 7) is 0. The van der Waals surface area contributed by atoms with Gasteiger partial charge in [0.1, 0.15) is 0 Å². The number of fused-ring (bicyclic) bond motifs is 3. The van der Waals surface area contributed by atoms with Crippen molar-refractivity contribution in [1.29, 1.82) is 0 Å². The fourth-order valence-electron chi connectivity index (χ4n) is 2.52. The van der Waals surface area contributed by atoms with Crippen LogP contribution < -0.4 is 5.32 Å². The van der Waals surface area contributed by atoms with Gasteiger partial charge in [-0.05, 0) is 24.3 Å². The lowest BCUT2D eigenvalue weighted by molar-refractivity contribution is 1.25. The second-order valence-corrected chi connectivity index (χ2v) is 4.05. The normalized spacial score (nSPS) is 13.2. The molecule has 1 aliphatic rings. The molecule has 0 radical (unpaired) electrons. The van der Waals surface area contributed by atoms with E-state index in [9.17, 15) is 0 Å². The number of nitrogens with zero attached hydrogens (tertiary/aromatic N) is 1. The molecule has 3 aromatic rings. The van der Waals surface area contributed by atoms with Crippen molar-refractivity contribution in [2.24, 2.45) is 0 Å². The van der Waals surface area contributed by atoms with Gasteiger partial charge in [-0.2, -0.15) is 0 Å². The fraction of sp³-hybridized carbons (Fsp3) is 0. The highest BCUT2D eigenvalue weighted by molar-refractivity contribution is 6.04. The van der Waals surface area contributed by atoms with Crippen LogP contribution in [0.25, 0.3) is 22.5 Å². The Balaban J connectivity index is 2.40. The molecule has 0 bridgehead atoms. The molecule has 2 aromatic heterocycles. The first-order valence-corrected chi connectivity index (χ1v) is 5.40. The van der Waals surface area contributed by atoms with Crippen LogP contribution in [0.4, 0.5) is 5.69 Å². The van der Waals surface area contributed by atoms with Gasteiger partial charge in [-0.25, -0.2) is 0 Å². The number of hydrogen-bond donors (Lipinski definition) is 1. The Kier molecular flexibility index (Phi) is 1.33. The second kappa shape index (κ2) is 2.67. The minimum absolute atomic E-state index is 1.18. The number of anilines is 1. The summed E-state index contributed by atoms with van der Waals surface area (Å²) in [5, 5.41) is 4.60. The van der Waals surface area contributed by atoms with E-state index in [1.165, 1.54) is 27.7 Å². The van der Waals surface area contributed by atoms with Gasteiger partial charge in [-0.3, -0.25) is 0 Å². The highest BCUT2D eigenvalue weighted by Gasteiger charge is 2.14. The lowest BCUT2D eigenvalue weighted by Gasteiger charge is -2.09. The minimum atomic E-state index is 1.18. The molecule has 0 saturated carbocycles. The maximum atomic E-state index is 3.29. The van der Waals surface area contributed by atoms with Gasteiger partial charge < -0.3 is 9.72 Å². The third kappa shape index (κ3) is 0.823. The van der Waals surface area contributed by atoms with Gasteiger partial charge in [-0.1, -0.05) is 18.2 Å². The van der Waals surface area contributed by atoms with E-state index in [-0.39, 0.29) is 0 Å². The van der Waals surface area contributed by atoms with Gasteiger partial charge in [-0.15, -0.1) is 0 Å². The largest absolute Gasteiger partial charge is 0.360 e. The van der Waals surface area contributed by atoms with Crippen LogP contribution >= 0.6 is 0 Å². The van der Waals surface area contributed by atoms with Crippen molar-refractivity contribution in [3.8, 4) is 0 Å². The molecule has 1 aromatic carbocycles. The number of aromatic nitrogens is 1. The third-order valence-electron chi connectivity index (χ3n) is 3.19. The Labute approximate surface area is 92.8 Å². The Hall–Kier alpha value is -2.22. The van der Waals surface area contributed by atoms with Gasteiger partial charge in [0.05, 0.1) is 16.7 Å². The summed E-state index contributed by atoms with van der Waals surface area (Å²) >= 11 is 0. The van der Waals surface area contributed by atoms with Gasteiger partial charge >= 0.3 is 0 Å². The van der Waals surface area contributed by atoms with Crippen molar-refractivity contribution < 1.29 is 0 Å². The van der Waals surface area contributed by atoms with E-state index in [1.54, 1.807) is 0 Å². The van der Waals surface area contributed by atoms with Crippen molar-refractivity contribution in [2.75, 3.05) is 5.32 Å². The van der Waals surface area contributed by atoms with Crippen molar-refractivity contribution in [2.45, 2.75) is 0 Å². The molecule has 0 unspecified atom stereocenters. The van der Waals surface area contributed by atoms with E-state index < -0.39 is 0 Å². The quantitative estimate of drug-likeness (QED) is 0.595. The second-order valence-electron chi connectivity index (χ2n) is 4.05. The lowest BCUT2D eigenvalue weighted by atomic mass is 10.1. The summed E-state index contributed by atoms with van der Waals surface area (Å²) in [6, 6.07) is 12.7. The van der Waals surface area contributed by atoms with E-state index in [0.29, 0.717) is 0 Å². The molecule has 0 aliphatic carbocycles. The predicted molar refractivity (Wildman–Crippen MR) is 67.6 cm³/mol. The number of hydrogen-bond acceptors (Lipinski definition) is 1. The molecular formula is C14H10N2. The van der Waals surface area contributed by atoms with Gasteiger partial charge in [0.15, 0.2) is 0 Å². The predicted octanol–water partition coefficient (Wildman–Crippen LogP) is 3.49. The maximum Gasteiger partial charge on any atom is 0.0772 e. The van der Waals surface area contributed by atoms with Crippen LogP contribution in [-0.4, -0.2) is 4.40 Å². The van der Waals surface area contributed by atoms with E-state index >= 15 is 0 Å². The Bertz CT molecular complexity index is 735. The topological polar surface area (TPSA) is 16.4 Å². The highest BCUT2D eigenvalue weighted by atomic mass is 15.0. The van der Waals surface area contributed by atoms with Gasteiger partial charge in [0, 0.05) is 23.3 Å². The molecule has 76 valence electrons. The van der Waals surface area contributed by atoms with E-state index in [1.807, 2.05) is 6.20 Å². The van der Waals surface area contributed by atoms with Crippen LogP contribution in [0.3, 0.4) is 0 Å². The van der Waals surface area contributed by atoms with Gasteiger partial charge in [0.25, 0.3) is 0 Å². The lowest BCUT2D eigenvalue weighted by Crippen LogP contribution is -1.96. The summed E-state index contributed by atoms with van der Waals surface area (Å²) in [6.07, 6.45) is 6.26. The summed E-state index contributed by atoms with van der Waals surface area (Å²) in [7, 11) is 0. The maximum absolute atomic E-state index is 3.29. The molecule has 3 heterocycles. The summed E-state index contributed by atoms with van der Waals surface area (Å²) < 4.78 is 2.25. The number of benzene rings is 1. The first kappa shape index (κ1) is 7.99. The fourth-order valence-corrected chi connectivity index (χ4v) is 2.52. The summed E-state index contributed by atoms with van der Waals surface area (Å²) in [5.41, 5.74) is 5.02. The number of rotatable bonds is 0. The zero-order valence-electron chi connectivity index (χ0n) is 8.64. The average Bonchev–Trinajstić information content (AvgIpc) is 2.68. The zero-order valence-corrected chi connectivity index (χ0v) is 8.64. The van der Waals surface area contributed by atoms with Crippen molar-refractivity contribution in [3.05, 3.63) is 54.4 Å². The number of para-hydroxylation sites is 1. The molecule has 0 saturated heterocycles. The molecule has 1 aliphatic heterocycles. The molecule has 2 nitrogen and oxygen atoms in total. The summed E-state index contributed by atoms with van der Waals surface area (Å²) in [5.74, 6) is 0. The molecule has 16 heavy (non-hydrogen) atoms. The highest BCUT2D eigenvalue weighted by Crippen LogP contribution is 2.34. The number of pyridine rings is 1. The smallest absolute Gasteiger partial charge is 0.0772 e. The molecule has 0 atom stereocenters. The van der Waals surface area contributed by atoms with Crippen molar-refractivity contribution in [1.82, 2.24) is 4.40 Å².